The third kappa shape index (κ3) is 6.48. The van der Waals surface area contributed by atoms with Crippen molar-refractivity contribution in [2.75, 3.05) is 39.2 Å². The molecule has 3 atom stereocenters. The Morgan fingerprint density at radius 3 is 2.73 bits per heavy atom. The maximum Gasteiger partial charge on any atom is 0.409 e. The molecule has 3 aromatic rings. The van der Waals surface area contributed by atoms with E-state index in [1.165, 1.54) is 7.11 Å². The average Bonchev–Trinajstić information content (AvgIpc) is 3.26. The number of halogens is 1. The minimum atomic E-state index is -0.658. The topological polar surface area (TPSA) is 135 Å². The van der Waals surface area contributed by atoms with Crippen LogP contribution in [-0.4, -0.2) is 83.3 Å². The second kappa shape index (κ2) is 12.8. The van der Waals surface area contributed by atoms with Crippen molar-refractivity contribution in [3.63, 3.8) is 0 Å². The fourth-order valence-electron chi connectivity index (χ4n) is 4.98. The highest BCUT2D eigenvalue weighted by atomic mass is 35.5. The number of aliphatic hydroxyl groups excluding tert-OH is 1. The highest BCUT2D eigenvalue weighted by molar-refractivity contribution is 6.33. The zero-order chi connectivity index (χ0) is 29.0. The largest absolute Gasteiger partial charge is 0.491 e. The minimum Gasteiger partial charge on any atom is -0.491 e. The normalized spacial score (nSPS) is 17.9. The quantitative estimate of drug-likeness (QED) is 0.339. The summed E-state index contributed by atoms with van der Waals surface area (Å²) in [7, 11) is 3.17. The molecule has 3 N–H and O–H groups in total. The van der Waals surface area contributed by atoms with E-state index in [1.54, 1.807) is 30.1 Å². The number of aryl methyl sites for hydroxylation is 2. The van der Waals surface area contributed by atoms with Gasteiger partial charge in [0.1, 0.15) is 30.0 Å². The zero-order valence-electron chi connectivity index (χ0n) is 23.7. The molecule has 0 aliphatic carbocycles. The Bertz CT molecular complexity index is 1330. The van der Waals surface area contributed by atoms with E-state index in [0.717, 1.165) is 29.7 Å². The molecule has 1 aliphatic rings. The van der Waals surface area contributed by atoms with E-state index < -0.39 is 6.10 Å². The number of carbonyl (C=O) groups is 1. The Morgan fingerprint density at radius 2 is 2.08 bits per heavy atom. The van der Waals surface area contributed by atoms with Crippen LogP contribution in [0.3, 0.4) is 0 Å². The van der Waals surface area contributed by atoms with Crippen molar-refractivity contribution >= 4 is 23.5 Å². The summed E-state index contributed by atoms with van der Waals surface area (Å²) in [5, 5.41) is 21.2. The number of carbonyl (C=O) groups excluding carboxylic acids is 1. The molecule has 0 saturated carbocycles. The second-order valence-corrected chi connectivity index (χ2v) is 10.5. The SMILES string of the molecule is CNC[C@@H](O)COc1ccc(Cl)c(-c2nc(N[C@@H]3CCN(C(=O)OC)[C@H](C)C3)c(C)c(-c3c(C)noc3C)n2)c1. The summed E-state index contributed by atoms with van der Waals surface area (Å²) < 4.78 is 16.2. The Kier molecular flexibility index (Phi) is 9.49. The third-order valence-corrected chi connectivity index (χ3v) is 7.43. The van der Waals surface area contributed by atoms with Crippen LogP contribution in [0.5, 0.6) is 5.75 Å². The summed E-state index contributed by atoms with van der Waals surface area (Å²) in [5.41, 5.74) is 3.65. The van der Waals surface area contributed by atoms with Gasteiger partial charge in [-0.15, -0.1) is 0 Å². The predicted octanol–water partition coefficient (Wildman–Crippen LogP) is 4.37. The van der Waals surface area contributed by atoms with Crippen LogP contribution in [0, 0.1) is 20.8 Å². The van der Waals surface area contributed by atoms with E-state index in [1.807, 2.05) is 27.7 Å². The molecule has 0 bridgehead atoms. The standard InChI is InChI=1S/C28H37ClN6O5/c1-15-11-19(9-10-35(15)28(37)38-6)31-26-16(2)25(24-17(3)34-40-18(24)4)32-27(33-26)22-12-21(7-8-23(22)29)39-14-20(36)13-30-5/h7-8,12,15,19-20,30,36H,9-11,13-14H2,1-6H3,(H,31,32,33)/t15-,19-,20-/m1/s1. The number of likely N-dealkylation sites (N-methyl/N-ethyl adjacent to an activating group) is 1. The first kappa shape index (κ1) is 29.6. The van der Waals surface area contributed by atoms with Gasteiger partial charge in [0, 0.05) is 36.3 Å². The van der Waals surface area contributed by atoms with Gasteiger partial charge < -0.3 is 34.6 Å². The Balaban J connectivity index is 1.71. The van der Waals surface area contributed by atoms with Crippen LogP contribution in [0.25, 0.3) is 22.6 Å². The van der Waals surface area contributed by atoms with Crippen LogP contribution in [0.1, 0.15) is 36.8 Å². The lowest BCUT2D eigenvalue weighted by Gasteiger charge is -2.37. The van der Waals surface area contributed by atoms with Crippen molar-refractivity contribution in [1.82, 2.24) is 25.3 Å². The van der Waals surface area contributed by atoms with E-state index in [0.29, 0.717) is 52.5 Å². The summed E-state index contributed by atoms with van der Waals surface area (Å²) in [5.74, 6) is 2.26. The molecular weight excluding hydrogens is 536 g/mol. The summed E-state index contributed by atoms with van der Waals surface area (Å²) >= 11 is 6.65. The maximum atomic E-state index is 12.1. The molecule has 40 heavy (non-hydrogen) atoms. The van der Waals surface area contributed by atoms with Crippen molar-refractivity contribution in [2.45, 2.75) is 58.7 Å². The number of rotatable bonds is 9. The van der Waals surface area contributed by atoms with E-state index in [2.05, 4.69) is 15.8 Å². The molecule has 1 aliphatic heterocycles. The predicted molar refractivity (Wildman–Crippen MR) is 153 cm³/mol. The van der Waals surface area contributed by atoms with Crippen LogP contribution in [0.2, 0.25) is 5.02 Å². The van der Waals surface area contributed by atoms with Crippen LogP contribution in [-0.2, 0) is 4.74 Å². The number of aliphatic hydroxyl groups is 1. The van der Waals surface area contributed by atoms with Gasteiger partial charge in [0.15, 0.2) is 5.82 Å². The minimum absolute atomic E-state index is 0.00359. The molecule has 1 amide bonds. The smallest absolute Gasteiger partial charge is 0.409 e. The lowest BCUT2D eigenvalue weighted by molar-refractivity contribution is 0.0920. The molecule has 12 heteroatoms. The number of benzene rings is 1. The molecular formula is C28H37ClN6O5. The number of amides is 1. The van der Waals surface area contributed by atoms with E-state index in [4.69, 9.17) is 35.6 Å². The maximum absolute atomic E-state index is 12.1. The molecule has 4 rings (SSSR count). The number of anilines is 1. The number of likely N-dealkylation sites (tertiary alicyclic amines) is 1. The van der Waals surface area contributed by atoms with Gasteiger partial charge in [-0.3, -0.25) is 0 Å². The average molecular weight is 573 g/mol. The van der Waals surface area contributed by atoms with Crippen molar-refractivity contribution in [1.29, 1.82) is 0 Å². The number of piperidine rings is 1. The van der Waals surface area contributed by atoms with Gasteiger partial charge in [-0.2, -0.15) is 0 Å². The monoisotopic (exact) mass is 572 g/mol. The van der Waals surface area contributed by atoms with Crippen molar-refractivity contribution in [3.05, 3.63) is 40.2 Å². The van der Waals surface area contributed by atoms with Gasteiger partial charge in [-0.25, -0.2) is 14.8 Å². The van der Waals surface area contributed by atoms with Crippen LogP contribution in [0.4, 0.5) is 10.6 Å². The van der Waals surface area contributed by atoms with Gasteiger partial charge in [0.2, 0.25) is 0 Å². The van der Waals surface area contributed by atoms with E-state index >= 15 is 0 Å². The Labute approximate surface area is 239 Å². The van der Waals surface area contributed by atoms with Crippen molar-refractivity contribution < 1.29 is 23.9 Å². The molecule has 2 aromatic heterocycles. The van der Waals surface area contributed by atoms with Crippen molar-refractivity contribution in [3.8, 4) is 28.4 Å². The molecule has 11 nitrogen and oxygen atoms in total. The van der Waals surface area contributed by atoms with Crippen LogP contribution < -0.4 is 15.4 Å². The summed E-state index contributed by atoms with van der Waals surface area (Å²) in [4.78, 5) is 23.7. The lowest BCUT2D eigenvalue weighted by atomic mass is 9.98. The fraction of sp³-hybridized carbons (Fsp3) is 0.500. The first-order valence-corrected chi connectivity index (χ1v) is 13.7. The van der Waals surface area contributed by atoms with Gasteiger partial charge in [0.05, 0.1) is 29.1 Å². The summed E-state index contributed by atoms with van der Waals surface area (Å²) in [6, 6.07) is 5.33. The number of nitrogens with one attached hydrogen (secondary N) is 2. The van der Waals surface area contributed by atoms with Crippen LogP contribution >= 0.6 is 11.6 Å². The van der Waals surface area contributed by atoms with E-state index in [9.17, 15) is 9.90 Å². The second-order valence-electron chi connectivity index (χ2n) is 10.1. The summed E-state index contributed by atoms with van der Waals surface area (Å²) in [6.45, 7) is 8.81. The zero-order valence-corrected chi connectivity index (χ0v) is 24.5. The number of aromatic nitrogens is 3. The molecule has 0 radical (unpaired) electrons. The molecule has 0 spiro atoms. The van der Waals surface area contributed by atoms with Gasteiger partial charge in [-0.1, -0.05) is 16.8 Å². The highest BCUT2D eigenvalue weighted by Gasteiger charge is 2.30. The number of hydrogen-bond donors (Lipinski definition) is 3. The van der Waals surface area contributed by atoms with Crippen molar-refractivity contribution in [2.24, 2.45) is 0 Å². The number of hydrogen-bond acceptors (Lipinski definition) is 10. The highest BCUT2D eigenvalue weighted by Crippen LogP contribution is 2.36. The number of methoxy groups -OCH3 is 1. The fourth-order valence-corrected chi connectivity index (χ4v) is 5.18. The molecule has 1 aromatic carbocycles. The Morgan fingerprint density at radius 1 is 1.30 bits per heavy atom. The number of ether oxygens (including phenoxy) is 2. The first-order chi connectivity index (χ1) is 19.1. The third-order valence-electron chi connectivity index (χ3n) is 7.10. The van der Waals surface area contributed by atoms with Gasteiger partial charge in [0.25, 0.3) is 0 Å². The van der Waals surface area contributed by atoms with Gasteiger partial charge >= 0.3 is 6.09 Å². The summed E-state index contributed by atoms with van der Waals surface area (Å²) in [6.07, 6.45) is 0.489. The molecule has 0 unspecified atom stereocenters. The van der Waals surface area contributed by atoms with Crippen LogP contribution in [0.15, 0.2) is 22.7 Å². The molecule has 1 saturated heterocycles. The molecule has 3 heterocycles. The lowest BCUT2D eigenvalue weighted by Crippen LogP contribution is -2.48. The molecule has 1 fully saturated rings. The molecule has 216 valence electrons. The van der Waals surface area contributed by atoms with E-state index in [-0.39, 0.29) is 24.8 Å². The first-order valence-electron chi connectivity index (χ1n) is 13.3. The van der Waals surface area contributed by atoms with Gasteiger partial charge in [-0.05, 0) is 65.8 Å². The Hall–Kier alpha value is -3.41. The number of nitrogens with zero attached hydrogens (tertiary/aromatic N) is 4.